The molecule has 4 atom stereocenters. The highest BCUT2D eigenvalue weighted by atomic mass is 19.1. The van der Waals surface area contributed by atoms with Crippen LogP contribution in [0.15, 0.2) is 30.5 Å². The number of nitrogens with one attached hydrogen (secondary N) is 1. The summed E-state index contributed by atoms with van der Waals surface area (Å²) in [5.41, 5.74) is -1.97. The lowest BCUT2D eigenvalue weighted by Crippen LogP contribution is -2.50. The van der Waals surface area contributed by atoms with Crippen molar-refractivity contribution >= 4 is 29.2 Å². The van der Waals surface area contributed by atoms with Crippen molar-refractivity contribution in [2.75, 3.05) is 23.3 Å². The van der Waals surface area contributed by atoms with E-state index in [9.17, 15) is 33.4 Å². The second-order valence-corrected chi connectivity index (χ2v) is 15.5. The largest absolute Gasteiger partial charge is 0.460 e. The number of aliphatic hydroxyl groups excluding tert-OH is 2. The molecule has 3 heterocycles. The molecule has 2 aromatic heterocycles. The van der Waals surface area contributed by atoms with Crippen molar-refractivity contribution in [3.05, 3.63) is 70.4 Å². The summed E-state index contributed by atoms with van der Waals surface area (Å²) in [5, 5.41) is 24.2. The molecule has 1 aliphatic heterocycles. The Morgan fingerprint density at radius 2 is 1.63 bits per heavy atom. The van der Waals surface area contributed by atoms with Gasteiger partial charge in [0.15, 0.2) is 11.6 Å². The van der Waals surface area contributed by atoms with Crippen LogP contribution in [0.5, 0.6) is 0 Å². The minimum absolute atomic E-state index is 0.0575. The number of ketones is 1. The fraction of sp³-hybridized carbons (Fsp3) is 0.500. The molecule has 14 heteroatoms. The van der Waals surface area contributed by atoms with E-state index in [1.165, 1.54) is 6.20 Å². The van der Waals surface area contributed by atoms with Crippen molar-refractivity contribution in [1.29, 1.82) is 0 Å². The molecule has 0 radical (unpaired) electrons. The molecule has 5 rings (SSSR count). The lowest BCUT2D eigenvalue weighted by Gasteiger charge is -2.42. The monoisotopic (exact) mass is 726 g/mol. The number of ether oxygens (including phenoxy) is 2. The number of halogens is 3. The summed E-state index contributed by atoms with van der Waals surface area (Å²) in [7, 11) is 0. The van der Waals surface area contributed by atoms with Crippen LogP contribution in [0.3, 0.4) is 0 Å². The van der Waals surface area contributed by atoms with E-state index in [2.05, 4.69) is 15.3 Å². The van der Waals surface area contributed by atoms with Gasteiger partial charge in [0.25, 0.3) is 0 Å². The van der Waals surface area contributed by atoms with E-state index in [0.717, 1.165) is 24.3 Å². The summed E-state index contributed by atoms with van der Waals surface area (Å²) < 4.78 is 56.1. The number of amides is 1. The summed E-state index contributed by atoms with van der Waals surface area (Å²) in [4.78, 5) is 50.4. The van der Waals surface area contributed by atoms with Crippen LogP contribution in [0.4, 0.5) is 29.3 Å². The SMILES string of the molecule is C[C@H]1CN(c2c(CC(=O)c3nc(-c4c(F)cccc4F)c(F)cc3NC(=O)OC(C)(C)C)cnc3c2CCC3O)C[C@@H](CC(=O)OC(C)(C)C)[C@@H]1O. The van der Waals surface area contributed by atoms with Crippen molar-refractivity contribution in [3.63, 3.8) is 0 Å². The number of fused-ring (bicyclic) bond motifs is 1. The maximum Gasteiger partial charge on any atom is 0.412 e. The van der Waals surface area contributed by atoms with Gasteiger partial charge in [-0.2, -0.15) is 0 Å². The van der Waals surface area contributed by atoms with Crippen molar-refractivity contribution in [3.8, 4) is 11.3 Å². The molecule has 0 spiro atoms. The fourth-order valence-corrected chi connectivity index (χ4v) is 6.79. The number of hydrogen-bond acceptors (Lipinski definition) is 10. The van der Waals surface area contributed by atoms with Gasteiger partial charge in [-0.15, -0.1) is 0 Å². The highest BCUT2D eigenvalue weighted by molar-refractivity contribution is 6.04. The van der Waals surface area contributed by atoms with Crippen LogP contribution < -0.4 is 10.2 Å². The third-order valence-electron chi connectivity index (χ3n) is 8.86. The molecular weight excluding hydrogens is 681 g/mol. The zero-order valence-electron chi connectivity index (χ0n) is 30.3. The van der Waals surface area contributed by atoms with Crippen LogP contribution in [0.1, 0.15) is 94.7 Å². The smallest absolute Gasteiger partial charge is 0.412 e. The van der Waals surface area contributed by atoms with Crippen LogP contribution in [-0.2, 0) is 27.1 Å². The zero-order chi connectivity index (χ0) is 38.3. The van der Waals surface area contributed by atoms with E-state index in [1.807, 2.05) is 11.8 Å². The second kappa shape index (κ2) is 14.8. The van der Waals surface area contributed by atoms with E-state index < -0.39 is 88.0 Å². The third kappa shape index (κ3) is 8.72. The first kappa shape index (κ1) is 38.7. The Balaban J connectivity index is 1.57. The Kier molecular flexibility index (Phi) is 11.0. The molecule has 0 saturated carbocycles. The summed E-state index contributed by atoms with van der Waals surface area (Å²) in [6, 6.07) is 3.72. The number of carbonyl (C=O) groups excluding carboxylic acids is 3. The Morgan fingerprint density at radius 1 is 0.981 bits per heavy atom. The second-order valence-electron chi connectivity index (χ2n) is 15.5. The normalized spacial score (nSPS) is 20.3. The molecule has 1 amide bonds. The minimum Gasteiger partial charge on any atom is -0.460 e. The van der Waals surface area contributed by atoms with Gasteiger partial charge in [-0.25, -0.2) is 22.9 Å². The van der Waals surface area contributed by atoms with E-state index in [4.69, 9.17) is 9.47 Å². The molecule has 52 heavy (non-hydrogen) atoms. The average Bonchev–Trinajstić information content (AvgIpc) is 3.38. The van der Waals surface area contributed by atoms with Crippen LogP contribution in [0.25, 0.3) is 11.3 Å². The van der Waals surface area contributed by atoms with E-state index in [0.29, 0.717) is 41.9 Å². The quantitative estimate of drug-likeness (QED) is 0.174. The molecule has 1 saturated heterocycles. The highest BCUT2D eigenvalue weighted by Crippen LogP contribution is 2.41. The molecule has 3 N–H and O–H groups in total. The number of rotatable bonds is 8. The van der Waals surface area contributed by atoms with Gasteiger partial charge in [-0.3, -0.25) is 19.9 Å². The van der Waals surface area contributed by atoms with Crippen LogP contribution in [0, 0.1) is 29.3 Å². The number of anilines is 2. The predicted molar refractivity (Wildman–Crippen MR) is 186 cm³/mol. The Labute approximate surface area is 300 Å². The van der Waals surface area contributed by atoms with Crippen LogP contribution in [0.2, 0.25) is 0 Å². The molecule has 1 aliphatic carbocycles. The first-order chi connectivity index (χ1) is 24.2. The number of piperidine rings is 1. The zero-order valence-corrected chi connectivity index (χ0v) is 30.3. The molecule has 1 fully saturated rings. The van der Waals surface area contributed by atoms with E-state index in [1.54, 1.807) is 41.5 Å². The predicted octanol–water partition coefficient (Wildman–Crippen LogP) is 6.48. The summed E-state index contributed by atoms with van der Waals surface area (Å²) in [6.07, 6.45) is -0.876. The highest BCUT2D eigenvalue weighted by Gasteiger charge is 2.39. The molecule has 280 valence electrons. The molecule has 1 unspecified atom stereocenters. The molecule has 2 aliphatic rings. The number of pyridine rings is 2. The van der Waals surface area contributed by atoms with E-state index >= 15 is 4.39 Å². The summed E-state index contributed by atoms with van der Waals surface area (Å²) >= 11 is 0. The maximum atomic E-state index is 15.5. The maximum absolute atomic E-state index is 15.5. The molecule has 1 aromatic carbocycles. The average molecular weight is 727 g/mol. The van der Waals surface area contributed by atoms with Gasteiger partial charge in [0, 0.05) is 54.5 Å². The number of aliphatic hydroxyl groups is 2. The molecule has 3 aromatic rings. The van der Waals surface area contributed by atoms with Gasteiger partial charge in [-0.1, -0.05) is 13.0 Å². The van der Waals surface area contributed by atoms with Crippen molar-refractivity contribution < 1.29 is 47.2 Å². The Morgan fingerprint density at radius 3 is 2.27 bits per heavy atom. The molecule has 0 bridgehead atoms. The number of Topliss-reactive ketones (excluding diaryl/α,β-unsaturated/α-hetero) is 1. The van der Waals surface area contributed by atoms with Gasteiger partial charge in [0.2, 0.25) is 0 Å². The fourth-order valence-electron chi connectivity index (χ4n) is 6.79. The summed E-state index contributed by atoms with van der Waals surface area (Å²) in [5.74, 6) is -5.46. The summed E-state index contributed by atoms with van der Waals surface area (Å²) in [6.45, 7) is 12.5. The first-order valence-electron chi connectivity index (χ1n) is 17.2. The van der Waals surface area contributed by atoms with Gasteiger partial charge in [0.1, 0.15) is 34.2 Å². The third-order valence-corrected chi connectivity index (χ3v) is 8.86. The van der Waals surface area contributed by atoms with Gasteiger partial charge in [0.05, 0.1) is 35.6 Å². The topological polar surface area (TPSA) is 151 Å². The van der Waals surface area contributed by atoms with Gasteiger partial charge >= 0.3 is 12.1 Å². The molecule has 11 nitrogen and oxygen atoms in total. The number of aromatic nitrogens is 2. The number of carbonyl (C=O) groups is 3. The number of esters is 1. The lowest BCUT2D eigenvalue weighted by atomic mass is 9.84. The van der Waals surface area contributed by atoms with Crippen molar-refractivity contribution in [2.24, 2.45) is 11.8 Å². The number of hydrogen-bond donors (Lipinski definition) is 3. The Hall–Kier alpha value is -4.56. The van der Waals surface area contributed by atoms with Gasteiger partial charge < -0.3 is 24.6 Å². The van der Waals surface area contributed by atoms with Crippen LogP contribution >= 0.6 is 0 Å². The first-order valence-corrected chi connectivity index (χ1v) is 17.2. The van der Waals surface area contributed by atoms with Gasteiger partial charge in [-0.05, 0) is 72.4 Å². The van der Waals surface area contributed by atoms with Crippen molar-refractivity contribution in [2.45, 2.75) is 97.6 Å². The lowest BCUT2D eigenvalue weighted by molar-refractivity contribution is -0.157. The standard InChI is InChI=1S/C38H45F3N4O7/c1-19-17-45(18-21(35(19)49)14-29(48)51-37(2,3)4)34-20(16-42-31-22(34)11-12-27(31)46)13-28(47)33-26(43-36(50)52-38(5,6)7)15-25(41)32(44-33)30-23(39)9-8-10-24(30)40/h8-10,15-16,19,21,27,35,46,49H,11-14,17-18H2,1-7H3,(H,43,50)/t19-,21+,27?,35+/m0/s1. The minimum atomic E-state index is -1.20. The molecular formula is C38H45F3N4O7. The Bertz CT molecular complexity index is 1850. The van der Waals surface area contributed by atoms with Crippen molar-refractivity contribution in [1.82, 2.24) is 9.97 Å². The number of benzene rings is 1. The van der Waals surface area contributed by atoms with Crippen LogP contribution in [-0.4, -0.2) is 68.4 Å². The van der Waals surface area contributed by atoms with E-state index in [-0.39, 0.29) is 24.6 Å². The number of nitrogens with zero attached hydrogens (tertiary/aromatic N) is 3.